The van der Waals surface area contributed by atoms with Crippen molar-refractivity contribution in [2.24, 2.45) is 10.7 Å². The van der Waals surface area contributed by atoms with Gasteiger partial charge in [0.1, 0.15) is 5.84 Å². The number of hydrogen-bond acceptors (Lipinski definition) is 2. The maximum absolute atomic E-state index is 8.76. The van der Waals surface area contributed by atoms with Crippen molar-refractivity contribution in [1.29, 1.82) is 5.26 Å². The van der Waals surface area contributed by atoms with Crippen LogP contribution in [0.15, 0.2) is 47.5 Å². The van der Waals surface area contributed by atoms with Gasteiger partial charge in [0.15, 0.2) is 5.11 Å². The van der Waals surface area contributed by atoms with Gasteiger partial charge in [-0.25, -0.2) is 4.99 Å². The number of rotatable bonds is 3. The van der Waals surface area contributed by atoms with Crippen LogP contribution in [0.1, 0.15) is 11.1 Å². The lowest BCUT2D eigenvalue weighted by molar-refractivity contribution is 1.29. The van der Waals surface area contributed by atoms with Crippen molar-refractivity contribution in [3.63, 3.8) is 0 Å². The Morgan fingerprint density at radius 1 is 1.22 bits per heavy atom. The Morgan fingerprint density at radius 3 is 2.52 bits per heavy atom. The molecule has 2 aromatic carbocycles. The van der Waals surface area contributed by atoms with Crippen molar-refractivity contribution in [1.82, 2.24) is 0 Å². The standard InChI is InChI=1S/C16H12Cl2N4S/c17-12-4-3-11(14(18)8-12)7-15(20)22-16(23)21-13-5-1-10(9-19)2-6-13/h1-6,8H,7H2,(H3,20,21,22,23). The molecule has 0 amide bonds. The lowest BCUT2D eigenvalue weighted by Gasteiger charge is -2.07. The topological polar surface area (TPSA) is 74.2 Å². The maximum Gasteiger partial charge on any atom is 0.198 e. The van der Waals surface area contributed by atoms with Gasteiger partial charge in [0, 0.05) is 22.2 Å². The van der Waals surface area contributed by atoms with E-state index < -0.39 is 0 Å². The first-order chi connectivity index (χ1) is 11.0. The maximum atomic E-state index is 8.76. The predicted octanol–water partition coefficient (Wildman–Crippen LogP) is 4.16. The third kappa shape index (κ3) is 5.22. The molecule has 116 valence electrons. The molecule has 0 saturated carbocycles. The zero-order chi connectivity index (χ0) is 16.8. The summed E-state index contributed by atoms with van der Waals surface area (Å²) in [6.45, 7) is 0. The van der Waals surface area contributed by atoms with E-state index in [1.807, 2.05) is 6.07 Å². The van der Waals surface area contributed by atoms with E-state index in [2.05, 4.69) is 10.3 Å². The molecule has 0 saturated heterocycles. The first kappa shape index (κ1) is 17.2. The first-order valence-corrected chi connectivity index (χ1v) is 7.72. The van der Waals surface area contributed by atoms with Crippen molar-refractivity contribution < 1.29 is 0 Å². The summed E-state index contributed by atoms with van der Waals surface area (Å²) in [5.41, 5.74) is 8.02. The Hall–Kier alpha value is -2.13. The van der Waals surface area contributed by atoms with Crippen LogP contribution >= 0.6 is 35.4 Å². The average molecular weight is 363 g/mol. The first-order valence-electron chi connectivity index (χ1n) is 6.56. The van der Waals surface area contributed by atoms with Crippen LogP contribution in [0.3, 0.4) is 0 Å². The van der Waals surface area contributed by atoms with E-state index in [0.29, 0.717) is 27.9 Å². The molecule has 0 heterocycles. The number of benzene rings is 2. The Kier molecular flexibility index (Phi) is 5.94. The van der Waals surface area contributed by atoms with Crippen molar-refractivity contribution >= 4 is 52.1 Å². The largest absolute Gasteiger partial charge is 0.387 e. The smallest absolute Gasteiger partial charge is 0.198 e. The fourth-order valence-electron chi connectivity index (χ4n) is 1.81. The van der Waals surface area contributed by atoms with Crippen LogP contribution in [-0.2, 0) is 6.42 Å². The number of thiocarbonyl (C=S) groups is 1. The number of amidine groups is 1. The van der Waals surface area contributed by atoms with E-state index in [1.165, 1.54) is 0 Å². The molecule has 2 rings (SSSR count). The van der Waals surface area contributed by atoms with Crippen molar-refractivity contribution in [3.05, 3.63) is 63.6 Å². The van der Waals surface area contributed by atoms with Crippen molar-refractivity contribution in [2.75, 3.05) is 5.32 Å². The Balaban J connectivity index is 2.01. The van der Waals surface area contributed by atoms with Crippen LogP contribution < -0.4 is 11.1 Å². The summed E-state index contributed by atoms with van der Waals surface area (Å²) in [7, 11) is 0. The fourth-order valence-corrected chi connectivity index (χ4v) is 2.52. The molecule has 4 nitrogen and oxygen atoms in total. The number of nitrogens with zero attached hydrogens (tertiary/aromatic N) is 2. The van der Waals surface area contributed by atoms with E-state index in [9.17, 15) is 0 Å². The van der Waals surface area contributed by atoms with E-state index in [4.69, 9.17) is 46.4 Å². The molecule has 0 spiro atoms. The molecular formula is C16H12Cl2N4S. The third-order valence-electron chi connectivity index (χ3n) is 2.90. The number of anilines is 1. The molecule has 0 radical (unpaired) electrons. The number of nitriles is 1. The van der Waals surface area contributed by atoms with E-state index in [-0.39, 0.29) is 5.11 Å². The van der Waals surface area contributed by atoms with Crippen LogP contribution in [0.2, 0.25) is 10.0 Å². The van der Waals surface area contributed by atoms with Crippen LogP contribution in [0.25, 0.3) is 0 Å². The summed E-state index contributed by atoms with van der Waals surface area (Å²) in [6, 6.07) is 14.1. The summed E-state index contributed by atoms with van der Waals surface area (Å²) in [6.07, 6.45) is 0.366. The number of hydrogen-bond donors (Lipinski definition) is 2. The van der Waals surface area contributed by atoms with Gasteiger partial charge in [-0.05, 0) is 54.2 Å². The number of halogens is 2. The van der Waals surface area contributed by atoms with Gasteiger partial charge >= 0.3 is 0 Å². The average Bonchev–Trinajstić information content (AvgIpc) is 2.50. The summed E-state index contributed by atoms with van der Waals surface area (Å²) in [4.78, 5) is 4.13. The number of nitrogens with one attached hydrogen (secondary N) is 1. The summed E-state index contributed by atoms with van der Waals surface area (Å²) >= 11 is 17.1. The Labute approximate surface area is 149 Å². The Morgan fingerprint density at radius 2 is 1.91 bits per heavy atom. The number of aliphatic imine (C=N–C) groups is 1. The molecule has 0 aromatic heterocycles. The molecule has 2 aromatic rings. The van der Waals surface area contributed by atoms with Gasteiger partial charge in [0.05, 0.1) is 11.6 Å². The molecule has 0 atom stereocenters. The van der Waals surface area contributed by atoms with Gasteiger partial charge in [-0.15, -0.1) is 0 Å². The zero-order valence-corrected chi connectivity index (χ0v) is 14.2. The molecule has 0 aliphatic rings. The molecule has 7 heteroatoms. The van der Waals surface area contributed by atoms with Crippen LogP contribution in [0.4, 0.5) is 5.69 Å². The minimum absolute atomic E-state index is 0.234. The molecule has 0 unspecified atom stereocenters. The summed E-state index contributed by atoms with van der Waals surface area (Å²) in [5.74, 6) is 0.334. The minimum atomic E-state index is 0.234. The van der Waals surface area contributed by atoms with E-state index in [1.54, 1.807) is 42.5 Å². The summed E-state index contributed by atoms with van der Waals surface area (Å²) in [5, 5.41) is 13.0. The lowest BCUT2D eigenvalue weighted by Crippen LogP contribution is -2.19. The third-order valence-corrected chi connectivity index (χ3v) is 3.68. The van der Waals surface area contributed by atoms with Crippen LogP contribution in [0.5, 0.6) is 0 Å². The van der Waals surface area contributed by atoms with Crippen LogP contribution in [0, 0.1) is 11.3 Å². The minimum Gasteiger partial charge on any atom is -0.387 e. The normalized spacial score (nSPS) is 10.9. The van der Waals surface area contributed by atoms with Gasteiger partial charge in [-0.2, -0.15) is 5.26 Å². The highest BCUT2D eigenvalue weighted by Crippen LogP contribution is 2.21. The second-order valence-corrected chi connectivity index (χ2v) is 5.87. The van der Waals surface area contributed by atoms with Crippen LogP contribution in [-0.4, -0.2) is 10.9 Å². The molecule has 3 N–H and O–H groups in total. The highest BCUT2D eigenvalue weighted by atomic mass is 35.5. The molecular weight excluding hydrogens is 351 g/mol. The van der Waals surface area contributed by atoms with Gasteiger partial charge < -0.3 is 11.1 Å². The van der Waals surface area contributed by atoms with Gasteiger partial charge in [0.2, 0.25) is 0 Å². The predicted molar refractivity (Wildman–Crippen MR) is 99.2 cm³/mol. The lowest BCUT2D eigenvalue weighted by atomic mass is 10.1. The fraction of sp³-hybridized carbons (Fsp3) is 0.0625. The number of nitrogens with two attached hydrogens (primary N) is 1. The molecule has 23 heavy (non-hydrogen) atoms. The monoisotopic (exact) mass is 362 g/mol. The second-order valence-electron chi connectivity index (χ2n) is 4.63. The quantitative estimate of drug-likeness (QED) is 0.488. The summed E-state index contributed by atoms with van der Waals surface area (Å²) < 4.78 is 0. The molecule has 0 aliphatic carbocycles. The van der Waals surface area contributed by atoms with Gasteiger partial charge in [-0.1, -0.05) is 29.3 Å². The van der Waals surface area contributed by atoms with Crippen molar-refractivity contribution in [3.8, 4) is 6.07 Å². The second kappa shape index (κ2) is 7.93. The molecule has 0 bridgehead atoms. The molecule has 0 aliphatic heterocycles. The van der Waals surface area contributed by atoms with E-state index in [0.717, 1.165) is 11.3 Å². The van der Waals surface area contributed by atoms with Crippen molar-refractivity contribution in [2.45, 2.75) is 6.42 Å². The van der Waals surface area contributed by atoms with Gasteiger partial charge in [0.25, 0.3) is 0 Å². The highest BCUT2D eigenvalue weighted by Gasteiger charge is 2.05. The molecule has 0 fully saturated rings. The zero-order valence-electron chi connectivity index (χ0n) is 11.9. The highest BCUT2D eigenvalue weighted by molar-refractivity contribution is 7.80. The van der Waals surface area contributed by atoms with E-state index >= 15 is 0 Å². The van der Waals surface area contributed by atoms with Gasteiger partial charge in [-0.3, -0.25) is 0 Å². The SMILES string of the molecule is N#Cc1ccc(NC(=S)N=C(N)Cc2ccc(Cl)cc2Cl)cc1. The Bertz CT molecular complexity index is 795.